The fourth-order valence-electron chi connectivity index (χ4n) is 2.64. The van der Waals surface area contributed by atoms with E-state index in [-0.39, 0.29) is 24.0 Å². The number of benzene rings is 1. The van der Waals surface area contributed by atoms with E-state index in [1.807, 2.05) is 19.0 Å². The van der Waals surface area contributed by atoms with Gasteiger partial charge in [-0.3, -0.25) is 4.79 Å². The van der Waals surface area contributed by atoms with Gasteiger partial charge in [0.15, 0.2) is 0 Å². The molecule has 1 aromatic rings. The Balaban J connectivity index is 2.37. The summed E-state index contributed by atoms with van der Waals surface area (Å²) in [5, 5.41) is 19.3. The van der Waals surface area contributed by atoms with Crippen LogP contribution in [-0.4, -0.2) is 35.2 Å². The van der Waals surface area contributed by atoms with Crippen LogP contribution in [0.3, 0.4) is 0 Å². The third-order valence-corrected chi connectivity index (χ3v) is 3.65. The van der Waals surface area contributed by atoms with E-state index in [0.717, 1.165) is 12.8 Å². The SMILES string of the molecule is CN(C)Cc1cc(F)cc(C(CC(=O)O)C2CC2)c1O. The zero-order valence-electron chi connectivity index (χ0n) is 11.8. The van der Waals surface area contributed by atoms with Crippen LogP contribution >= 0.6 is 0 Å². The fraction of sp³-hybridized carbons (Fsp3) is 0.533. The van der Waals surface area contributed by atoms with E-state index in [0.29, 0.717) is 17.7 Å². The molecule has 1 saturated carbocycles. The third kappa shape index (κ3) is 3.48. The van der Waals surface area contributed by atoms with E-state index in [2.05, 4.69) is 0 Å². The molecular weight excluding hydrogens is 261 g/mol. The van der Waals surface area contributed by atoms with Crippen molar-refractivity contribution in [2.45, 2.75) is 31.7 Å². The van der Waals surface area contributed by atoms with Crippen molar-refractivity contribution >= 4 is 5.97 Å². The average molecular weight is 281 g/mol. The molecule has 1 aliphatic rings. The number of phenols is 1. The lowest BCUT2D eigenvalue weighted by atomic mass is 9.88. The van der Waals surface area contributed by atoms with Gasteiger partial charge < -0.3 is 15.1 Å². The van der Waals surface area contributed by atoms with Crippen molar-refractivity contribution in [2.75, 3.05) is 14.1 Å². The maximum absolute atomic E-state index is 13.8. The minimum absolute atomic E-state index is 0.0400. The van der Waals surface area contributed by atoms with Crippen molar-refractivity contribution in [1.29, 1.82) is 0 Å². The van der Waals surface area contributed by atoms with Gasteiger partial charge >= 0.3 is 5.97 Å². The minimum Gasteiger partial charge on any atom is -0.507 e. The zero-order valence-corrected chi connectivity index (χ0v) is 11.8. The maximum Gasteiger partial charge on any atom is 0.303 e. The predicted molar refractivity (Wildman–Crippen MR) is 73.2 cm³/mol. The van der Waals surface area contributed by atoms with Gasteiger partial charge in [0.2, 0.25) is 0 Å². The summed E-state index contributed by atoms with van der Waals surface area (Å²) in [6.45, 7) is 0.418. The van der Waals surface area contributed by atoms with Gasteiger partial charge in [-0.05, 0) is 45.0 Å². The Morgan fingerprint density at radius 1 is 1.45 bits per heavy atom. The predicted octanol–water partition coefficient (Wildman–Crippen LogP) is 2.56. The van der Waals surface area contributed by atoms with Crippen LogP contribution in [0.5, 0.6) is 5.75 Å². The highest BCUT2D eigenvalue weighted by Gasteiger charge is 2.35. The standard InChI is InChI=1S/C15H20FNO3/c1-17(2)8-10-5-11(16)6-13(15(10)20)12(7-14(18)19)9-3-4-9/h5-6,9,12,20H,3-4,7-8H2,1-2H3,(H,18,19). The fourth-order valence-corrected chi connectivity index (χ4v) is 2.64. The monoisotopic (exact) mass is 281 g/mol. The Hall–Kier alpha value is -1.62. The van der Waals surface area contributed by atoms with Crippen LogP contribution in [0.25, 0.3) is 0 Å². The first-order chi connectivity index (χ1) is 9.38. The number of carboxylic acid groups (broad SMARTS) is 1. The lowest BCUT2D eigenvalue weighted by Gasteiger charge is -2.19. The first kappa shape index (κ1) is 14.8. The normalized spacial score (nSPS) is 16.4. The van der Waals surface area contributed by atoms with E-state index in [4.69, 9.17) is 5.11 Å². The number of carbonyl (C=O) groups is 1. The summed E-state index contributed by atoms with van der Waals surface area (Å²) in [4.78, 5) is 12.8. The molecule has 5 heteroatoms. The van der Waals surface area contributed by atoms with Gasteiger partial charge in [-0.15, -0.1) is 0 Å². The van der Waals surface area contributed by atoms with Gasteiger partial charge in [-0.1, -0.05) is 0 Å². The summed E-state index contributed by atoms with van der Waals surface area (Å²) >= 11 is 0. The molecule has 2 N–H and O–H groups in total. The van der Waals surface area contributed by atoms with Gasteiger partial charge in [-0.25, -0.2) is 4.39 Å². The van der Waals surface area contributed by atoms with Crippen LogP contribution in [0.15, 0.2) is 12.1 Å². The zero-order chi connectivity index (χ0) is 14.9. The van der Waals surface area contributed by atoms with Crippen LogP contribution in [-0.2, 0) is 11.3 Å². The lowest BCUT2D eigenvalue weighted by molar-refractivity contribution is -0.137. The molecule has 0 bridgehead atoms. The molecule has 0 radical (unpaired) electrons. The molecule has 0 aromatic heterocycles. The number of aliphatic carboxylic acids is 1. The molecule has 110 valence electrons. The van der Waals surface area contributed by atoms with E-state index >= 15 is 0 Å². The molecule has 1 aliphatic carbocycles. The summed E-state index contributed by atoms with van der Waals surface area (Å²) < 4.78 is 13.8. The van der Waals surface area contributed by atoms with Gasteiger partial charge in [0.05, 0.1) is 6.42 Å². The molecular formula is C15H20FNO3. The largest absolute Gasteiger partial charge is 0.507 e. The minimum atomic E-state index is -0.917. The van der Waals surface area contributed by atoms with Crippen molar-refractivity contribution in [1.82, 2.24) is 4.90 Å². The van der Waals surface area contributed by atoms with Gasteiger partial charge in [-0.2, -0.15) is 0 Å². The van der Waals surface area contributed by atoms with E-state index < -0.39 is 11.8 Å². The second kappa shape index (κ2) is 5.79. The number of rotatable bonds is 6. The first-order valence-corrected chi connectivity index (χ1v) is 6.76. The molecule has 0 heterocycles. The molecule has 0 aliphatic heterocycles. The number of carboxylic acids is 1. The number of aromatic hydroxyl groups is 1. The highest BCUT2D eigenvalue weighted by atomic mass is 19.1. The molecule has 1 aromatic carbocycles. The summed E-state index contributed by atoms with van der Waals surface area (Å²) in [5.74, 6) is -1.36. The Morgan fingerprint density at radius 2 is 2.10 bits per heavy atom. The van der Waals surface area contributed by atoms with Crippen molar-refractivity contribution in [3.05, 3.63) is 29.1 Å². The number of hydrogen-bond donors (Lipinski definition) is 2. The van der Waals surface area contributed by atoms with Crippen LogP contribution in [0, 0.1) is 11.7 Å². The Bertz CT molecular complexity index is 512. The molecule has 0 amide bonds. The van der Waals surface area contributed by atoms with E-state index in [1.54, 1.807) is 0 Å². The topological polar surface area (TPSA) is 60.8 Å². The van der Waals surface area contributed by atoms with Crippen molar-refractivity contribution in [3.8, 4) is 5.75 Å². The van der Waals surface area contributed by atoms with Crippen LogP contribution in [0.1, 0.15) is 36.3 Å². The first-order valence-electron chi connectivity index (χ1n) is 6.76. The van der Waals surface area contributed by atoms with Gasteiger partial charge in [0, 0.05) is 23.6 Å². The van der Waals surface area contributed by atoms with Crippen LogP contribution in [0.2, 0.25) is 0 Å². The molecule has 0 spiro atoms. The molecule has 1 unspecified atom stereocenters. The number of hydrogen-bond acceptors (Lipinski definition) is 3. The van der Waals surface area contributed by atoms with Crippen LogP contribution < -0.4 is 0 Å². The summed E-state index contributed by atoms with van der Waals surface area (Å²) in [6, 6.07) is 2.59. The second-order valence-corrected chi connectivity index (χ2v) is 5.78. The van der Waals surface area contributed by atoms with Crippen molar-refractivity contribution in [2.24, 2.45) is 5.92 Å². The summed E-state index contributed by atoms with van der Waals surface area (Å²) in [6.07, 6.45) is 1.82. The average Bonchev–Trinajstić information content (AvgIpc) is 3.13. The number of nitrogens with zero attached hydrogens (tertiary/aromatic N) is 1. The highest BCUT2D eigenvalue weighted by Crippen LogP contribution is 2.47. The van der Waals surface area contributed by atoms with Crippen molar-refractivity contribution < 1.29 is 19.4 Å². The van der Waals surface area contributed by atoms with Crippen molar-refractivity contribution in [3.63, 3.8) is 0 Å². The lowest BCUT2D eigenvalue weighted by Crippen LogP contribution is -2.13. The molecule has 1 atom stereocenters. The molecule has 1 fully saturated rings. The molecule has 2 rings (SSSR count). The molecule has 4 nitrogen and oxygen atoms in total. The molecule has 20 heavy (non-hydrogen) atoms. The van der Waals surface area contributed by atoms with E-state index in [9.17, 15) is 14.3 Å². The smallest absolute Gasteiger partial charge is 0.303 e. The number of halogens is 1. The maximum atomic E-state index is 13.8. The Labute approximate surface area is 117 Å². The number of phenolic OH excluding ortho intramolecular Hbond substituents is 1. The summed E-state index contributed by atoms with van der Waals surface area (Å²) in [5.41, 5.74) is 0.938. The summed E-state index contributed by atoms with van der Waals surface area (Å²) in [7, 11) is 3.67. The quantitative estimate of drug-likeness (QED) is 0.841. The highest BCUT2D eigenvalue weighted by molar-refractivity contribution is 5.68. The Morgan fingerprint density at radius 3 is 2.60 bits per heavy atom. The third-order valence-electron chi connectivity index (χ3n) is 3.65. The second-order valence-electron chi connectivity index (χ2n) is 5.78. The molecule has 0 saturated heterocycles. The Kier molecular flexibility index (Phi) is 4.28. The van der Waals surface area contributed by atoms with Crippen LogP contribution in [0.4, 0.5) is 4.39 Å². The van der Waals surface area contributed by atoms with Gasteiger partial charge in [0.1, 0.15) is 11.6 Å². The van der Waals surface area contributed by atoms with Gasteiger partial charge in [0.25, 0.3) is 0 Å². The van der Waals surface area contributed by atoms with E-state index in [1.165, 1.54) is 12.1 Å².